The summed E-state index contributed by atoms with van der Waals surface area (Å²) in [7, 11) is 0. The number of carbonyl (C=O) groups excluding carboxylic acids is 1. The van der Waals surface area contributed by atoms with Gasteiger partial charge >= 0.3 is 0 Å². The highest BCUT2D eigenvalue weighted by Gasteiger charge is 2.42. The van der Waals surface area contributed by atoms with Crippen molar-refractivity contribution in [3.05, 3.63) is 35.9 Å². The molecule has 0 bridgehead atoms. The van der Waals surface area contributed by atoms with Crippen LogP contribution in [0.5, 0.6) is 0 Å². The van der Waals surface area contributed by atoms with Gasteiger partial charge in [-0.05, 0) is 45.3 Å². The average Bonchev–Trinajstić information content (AvgIpc) is 2.59. The van der Waals surface area contributed by atoms with Crippen LogP contribution in [0, 0.1) is 0 Å². The van der Waals surface area contributed by atoms with Crippen LogP contribution in [-0.2, 0) is 14.9 Å². The van der Waals surface area contributed by atoms with Crippen LogP contribution < -0.4 is 0 Å². The van der Waals surface area contributed by atoms with Gasteiger partial charge in [-0.2, -0.15) is 0 Å². The highest BCUT2D eigenvalue weighted by atomic mass is 16.5. The first-order valence-corrected chi connectivity index (χ1v) is 8.25. The first-order chi connectivity index (χ1) is 11.1. The molecular weight excluding hydrogens is 292 g/mol. The van der Waals surface area contributed by atoms with Crippen LogP contribution in [0.2, 0.25) is 0 Å². The lowest BCUT2D eigenvalue weighted by atomic mass is 9.72. The van der Waals surface area contributed by atoms with Gasteiger partial charge in [0.15, 0.2) is 0 Å². The fourth-order valence-electron chi connectivity index (χ4n) is 3.26. The van der Waals surface area contributed by atoms with Crippen LogP contribution in [-0.4, -0.2) is 48.0 Å². The Bertz CT molecular complexity index is 534. The van der Waals surface area contributed by atoms with Crippen molar-refractivity contribution >= 4 is 11.7 Å². The molecule has 1 aromatic rings. The highest BCUT2D eigenvalue weighted by Crippen LogP contribution is 2.37. The Labute approximate surface area is 137 Å². The van der Waals surface area contributed by atoms with E-state index in [0.717, 1.165) is 38.0 Å². The number of hydrogen-bond donors (Lipinski definition) is 1. The van der Waals surface area contributed by atoms with Crippen molar-refractivity contribution in [1.29, 1.82) is 0 Å². The van der Waals surface area contributed by atoms with Gasteiger partial charge in [-0.25, -0.2) is 0 Å². The summed E-state index contributed by atoms with van der Waals surface area (Å²) in [6.45, 7) is 6.50. The van der Waals surface area contributed by atoms with Gasteiger partial charge in [0.2, 0.25) is 5.90 Å². The van der Waals surface area contributed by atoms with Crippen molar-refractivity contribution in [2.24, 2.45) is 5.16 Å². The van der Waals surface area contributed by atoms with Crippen molar-refractivity contribution in [3.63, 3.8) is 0 Å². The van der Waals surface area contributed by atoms with Gasteiger partial charge in [-0.1, -0.05) is 35.5 Å². The van der Waals surface area contributed by atoms with E-state index in [1.165, 1.54) is 0 Å². The molecule has 5 heteroatoms. The normalized spacial score (nSPS) is 18.6. The number of nitrogens with zero attached hydrogens (tertiary/aromatic N) is 2. The zero-order chi connectivity index (χ0) is 16.7. The molecule has 126 valence electrons. The molecule has 1 fully saturated rings. The second-order valence-corrected chi connectivity index (χ2v) is 6.08. The lowest BCUT2D eigenvalue weighted by molar-refractivity contribution is -0.117. The minimum atomic E-state index is -0.390. The number of benzene rings is 1. The number of ether oxygens (including phenoxy) is 1. The number of ketones is 1. The molecule has 1 heterocycles. The van der Waals surface area contributed by atoms with Crippen molar-refractivity contribution < 1.29 is 14.7 Å². The third kappa shape index (κ3) is 4.10. The molecule has 1 saturated heterocycles. The van der Waals surface area contributed by atoms with Gasteiger partial charge in [-0.15, -0.1) is 0 Å². The minimum absolute atomic E-state index is 0.219. The first kappa shape index (κ1) is 17.5. The van der Waals surface area contributed by atoms with Crippen LogP contribution in [0.4, 0.5) is 0 Å². The molecule has 0 amide bonds. The van der Waals surface area contributed by atoms with Crippen molar-refractivity contribution in [3.8, 4) is 0 Å². The maximum absolute atomic E-state index is 11.2. The predicted octanol–water partition coefficient (Wildman–Crippen LogP) is 2.82. The molecular formula is C18H26N2O3. The van der Waals surface area contributed by atoms with Crippen LogP contribution in [0.1, 0.15) is 38.7 Å². The van der Waals surface area contributed by atoms with Crippen LogP contribution in [0.3, 0.4) is 0 Å². The summed E-state index contributed by atoms with van der Waals surface area (Å²) in [5.74, 6) is 0.620. The lowest BCUT2D eigenvalue weighted by Gasteiger charge is -2.41. The Kier molecular flexibility index (Phi) is 6.16. The number of rotatable bonds is 6. The zero-order valence-electron chi connectivity index (χ0n) is 14.0. The second kappa shape index (κ2) is 8.11. The second-order valence-electron chi connectivity index (χ2n) is 6.08. The molecule has 0 unspecified atom stereocenters. The van der Waals surface area contributed by atoms with E-state index < -0.39 is 5.41 Å². The van der Waals surface area contributed by atoms with Gasteiger partial charge in [0.25, 0.3) is 0 Å². The molecule has 1 N–H and O–H groups in total. The number of piperidine rings is 1. The van der Waals surface area contributed by atoms with E-state index in [4.69, 9.17) is 4.74 Å². The van der Waals surface area contributed by atoms with Gasteiger partial charge in [0.05, 0.1) is 12.0 Å². The lowest BCUT2D eigenvalue weighted by Crippen LogP contribution is -2.48. The summed E-state index contributed by atoms with van der Waals surface area (Å²) in [4.78, 5) is 13.5. The molecule has 1 aliphatic heterocycles. The number of likely N-dealkylation sites (tertiary alicyclic amines) is 1. The number of carbonyl (C=O) groups is 1. The summed E-state index contributed by atoms with van der Waals surface area (Å²) in [5, 5.41) is 13.0. The zero-order valence-corrected chi connectivity index (χ0v) is 14.0. The largest absolute Gasteiger partial charge is 0.478 e. The van der Waals surface area contributed by atoms with Crippen molar-refractivity contribution in [2.45, 2.75) is 38.5 Å². The fourth-order valence-corrected chi connectivity index (χ4v) is 3.26. The molecule has 0 spiro atoms. The summed E-state index contributed by atoms with van der Waals surface area (Å²) in [6, 6.07) is 10.1. The van der Waals surface area contributed by atoms with Gasteiger partial charge in [-0.3, -0.25) is 4.79 Å². The first-order valence-electron chi connectivity index (χ1n) is 8.25. The van der Waals surface area contributed by atoms with E-state index in [1.54, 1.807) is 6.92 Å². The monoisotopic (exact) mass is 318 g/mol. The predicted molar refractivity (Wildman–Crippen MR) is 89.9 cm³/mol. The number of Topliss-reactive ketones (excluding diaryl/α,β-unsaturated/α-hetero) is 1. The van der Waals surface area contributed by atoms with Crippen molar-refractivity contribution in [1.82, 2.24) is 4.90 Å². The minimum Gasteiger partial charge on any atom is -0.478 e. The van der Waals surface area contributed by atoms with E-state index in [2.05, 4.69) is 22.2 Å². The molecule has 0 aliphatic carbocycles. The molecule has 1 aromatic carbocycles. The molecule has 1 aliphatic rings. The quantitative estimate of drug-likeness (QED) is 0.379. The van der Waals surface area contributed by atoms with E-state index in [9.17, 15) is 10.0 Å². The Balaban J connectivity index is 2.19. The topological polar surface area (TPSA) is 62.1 Å². The fraction of sp³-hybridized carbons (Fsp3) is 0.556. The summed E-state index contributed by atoms with van der Waals surface area (Å²) in [6.07, 6.45) is 2.22. The molecule has 0 atom stereocenters. The molecule has 0 radical (unpaired) electrons. The SMILES string of the molecule is CCO/C(=N/O)C1(c2ccccc2)CCN(CCC(C)=O)CC1. The van der Waals surface area contributed by atoms with Crippen LogP contribution in [0.25, 0.3) is 0 Å². The maximum atomic E-state index is 11.2. The molecule has 0 saturated carbocycles. The molecule has 0 aromatic heterocycles. The van der Waals surface area contributed by atoms with Gasteiger partial charge in [0, 0.05) is 13.0 Å². The number of oxime groups is 1. The standard InChI is InChI=1S/C18H26N2O3/c1-3-23-17(19-22)18(16-7-5-4-6-8-16)10-13-20(14-11-18)12-9-15(2)21/h4-8,22H,3,9-14H2,1-2H3/b19-17+. The Morgan fingerprint density at radius 1 is 1.30 bits per heavy atom. The van der Waals surface area contributed by atoms with E-state index in [-0.39, 0.29) is 5.78 Å². The van der Waals surface area contributed by atoms with Crippen LogP contribution in [0.15, 0.2) is 35.5 Å². The molecule has 2 rings (SSSR count). The maximum Gasteiger partial charge on any atom is 0.236 e. The summed E-state index contributed by atoms with van der Waals surface area (Å²) >= 11 is 0. The Hall–Kier alpha value is -1.88. The van der Waals surface area contributed by atoms with Gasteiger partial charge < -0.3 is 14.8 Å². The Morgan fingerprint density at radius 2 is 1.96 bits per heavy atom. The van der Waals surface area contributed by atoms with Gasteiger partial charge in [0.1, 0.15) is 5.78 Å². The average molecular weight is 318 g/mol. The van der Waals surface area contributed by atoms with Crippen LogP contribution >= 0.6 is 0 Å². The van der Waals surface area contributed by atoms with E-state index in [1.807, 2.05) is 25.1 Å². The highest BCUT2D eigenvalue weighted by molar-refractivity contribution is 5.88. The number of hydrogen-bond acceptors (Lipinski definition) is 5. The van der Waals surface area contributed by atoms with Crippen molar-refractivity contribution in [2.75, 3.05) is 26.2 Å². The van der Waals surface area contributed by atoms with E-state index >= 15 is 0 Å². The third-order valence-corrected chi connectivity index (χ3v) is 4.60. The molecule has 23 heavy (non-hydrogen) atoms. The molecule has 5 nitrogen and oxygen atoms in total. The summed E-state index contributed by atoms with van der Waals surface area (Å²) in [5.41, 5.74) is 0.728. The van der Waals surface area contributed by atoms with E-state index in [0.29, 0.717) is 18.9 Å². The smallest absolute Gasteiger partial charge is 0.236 e. The summed E-state index contributed by atoms with van der Waals surface area (Å²) < 4.78 is 5.65. The third-order valence-electron chi connectivity index (χ3n) is 4.60. The Morgan fingerprint density at radius 3 is 2.48 bits per heavy atom.